The third-order valence-corrected chi connectivity index (χ3v) is 2.24. The summed E-state index contributed by atoms with van der Waals surface area (Å²) >= 11 is 0. The lowest BCUT2D eigenvalue weighted by atomic mass is 10.1. The van der Waals surface area contributed by atoms with Crippen molar-refractivity contribution in [1.29, 1.82) is 0 Å². The van der Waals surface area contributed by atoms with Crippen LogP contribution in [0.2, 0.25) is 0 Å². The van der Waals surface area contributed by atoms with Gasteiger partial charge in [-0.3, -0.25) is 14.5 Å². The molecule has 0 aromatic heterocycles. The number of carbonyl (C=O) groups excluding carboxylic acids is 3. The van der Waals surface area contributed by atoms with E-state index in [4.69, 9.17) is 4.74 Å². The summed E-state index contributed by atoms with van der Waals surface area (Å²) < 4.78 is 5.13. The predicted molar refractivity (Wildman–Crippen MR) is 57.0 cm³/mol. The molecule has 0 radical (unpaired) electrons. The van der Waals surface area contributed by atoms with Crippen molar-refractivity contribution in [2.75, 3.05) is 6.54 Å². The summed E-state index contributed by atoms with van der Waals surface area (Å²) in [5, 5.41) is 0. The number of Topliss-reactive ketones (excluding diaryl/α,β-unsaturated/α-hetero) is 2. The maximum absolute atomic E-state index is 11.7. The molecular weight excluding hydrogens is 210 g/mol. The van der Waals surface area contributed by atoms with E-state index in [-0.39, 0.29) is 24.5 Å². The Morgan fingerprint density at radius 1 is 1.38 bits per heavy atom. The van der Waals surface area contributed by atoms with Gasteiger partial charge in [-0.25, -0.2) is 4.79 Å². The number of likely N-dealkylation sites (tertiary alicyclic amines) is 1. The van der Waals surface area contributed by atoms with Crippen LogP contribution in [-0.4, -0.2) is 40.7 Å². The summed E-state index contributed by atoms with van der Waals surface area (Å²) in [4.78, 5) is 35.4. The molecule has 1 fully saturated rings. The molecule has 0 spiro atoms. The lowest BCUT2D eigenvalue weighted by Gasteiger charge is -2.26. The van der Waals surface area contributed by atoms with Crippen LogP contribution in [0.3, 0.4) is 0 Å². The van der Waals surface area contributed by atoms with Gasteiger partial charge < -0.3 is 4.74 Å². The average molecular weight is 227 g/mol. The van der Waals surface area contributed by atoms with Crippen LogP contribution in [0.1, 0.15) is 34.1 Å². The quantitative estimate of drug-likeness (QED) is 0.674. The van der Waals surface area contributed by atoms with E-state index >= 15 is 0 Å². The zero-order chi connectivity index (χ0) is 12.5. The first-order chi connectivity index (χ1) is 7.20. The fourth-order valence-electron chi connectivity index (χ4n) is 1.57. The first kappa shape index (κ1) is 12.7. The topological polar surface area (TPSA) is 63.7 Å². The Morgan fingerprint density at radius 3 is 2.38 bits per heavy atom. The van der Waals surface area contributed by atoms with Gasteiger partial charge in [0.05, 0.1) is 6.54 Å². The molecule has 0 N–H and O–H groups in total. The Bertz CT molecular complexity index is 329. The highest BCUT2D eigenvalue weighted by atomic mass is 16.6. The minimum Gasteiger partial charge on any atom is -0.444 e. The Morgan fingerprint density at radius 2 is 1.94 bits per heavy atom. The van der Waals surface area contributed by atoms with Crippen LogP contribution < -0.4 is 0 Å². The van der Waals surface area contributed by atoms with Crippen molar-refractivity contribution in [2.24, 2.45) is 0 Å². The molecule has 1 atom stereocenters. The van der Waals surface area contributed by atoms with Gasteiger partial charge in [-0.15, -0.1) is 0 Å². The van der Waals surface area contributed by atoms with E-state index in [1.807, 2.05) is 0 Å². The molecule has 1 amide bonds. The summed E-state index contributed by atoms with van der Waals surface area (Å²) in [6, 6.07) is -0.651. The van der Waals surface area contributed by atoms with E-state index < -0.39 is 17.7 Å². The van der Waals surface area contributed by atoms with Gasteiger partial charge in [-0.2, -0.15) is 0 Å². The number of nitrogens with zero attached hydrogens (tertiary/aromatic N) is 1. The van der Waals surface area contributed by atoms with Crippen LogP contribution in [0.15, 0.2) is 0 Å². The van der Waals surface area contributed by atoms with Gasteiger partial charge in [0.1, 0.15) is 11.6 Å². The van der Waals surface area contributed by atoms with E-state index in [0.29, 0.717) is 0 Å². The molecule has 1 rings (SSSR count). The molecule has 5 heteroatoms. The monoisotopic (exact) mass is 227 g/mol. The highest BCUT2D eigenvalue weighted by molar-refractivity contribution is 5.97. The molecule has 90 valence electrons. The van der Waals surface area contributed by atoms with Gasteiger partial charge in [0.2, 0.25) is 0 Å². The van der Waals surface area contributed by atoms with Crippen LogP contribution in [0.5, 0.6) is 0 Å². The van der Waals surface area contributed by atoms with E-state index in [1.165, 1.54) is 11.8 Å². The molecule has 1 heterocycles. The van der Waals surface area contributed by atoms with Crippen molar-refractivity contribution >= 4 is 17.7 Å². The number of ketones is 2. The Balaban J connectivity index is 2.75. The molecule has 0 aromatic rings. The molecule has 16 heavy (non-hydrogen) atoms. The summed E-state index contributed by atoms with van der Waals surface area (Å²) in [6.45, 7) is 6.57. The number of carbonyl (C=O) groups is 3. The fourth-order valence-corrected chi connectivity index (χ4v) is 1.57. The molecular formula is C11H17NO4. The first-order valence-corrected chi connectivity index (χ1v) is 5.22. The highest BCUT2D eigenvalue weighted by Gasteiger charge is 2.38. The Kier molecular flexibility index (Phi) is 3.35. The van der Waals surface area contributed by atoms with Gasteiger partial charge in [-0.05, 0) is 27.7 Å². The molecule has 0 aliphatic carbocycles. The van der Waals surface area contributed by atoms with Crippen LogP contribution in [0.25, 0.3) is 0 Å². The summed E-state index contributed by atoms with van der Waals surface area (Å²) in [5.41, 5.74) is -0.621. The first-order valence-electron chi connectivity index (χ1n) is 5.22. The summed E-state index contributed by atoms with van der Waals surface area (Å²) in [7, 11) is 0. The molecule has 0 bridgehead atoms. The largest absolute Gasteiger partial charge is 0.444 e. The van der Waals surface area contributed by atoms with Gasteiger partial charge in [0, 0.05) is 6.42 Å². The number of ether oxygens (including phenoxy) is 1. The van der Waals surface area contributed by atoms with Gasteiger partial charge in [0.15, 0.2) is 11.6 Å². The number of hydrogen-bond donors (Lipinski definition) is 0. The SMILES string of the molecule is CC(=O)C1CC(=O)CN1C(=O)OC(C)(C)C. The fraction of sp³-hybridized carbons (Fsp3) is 0.727. The normalized spacial score (nSPS) is 21.1. The van der Waals surface area contributed by atoms with Crippen molar-refractivity contribution in [1.82, 2.24) is 4.90 Å². The standard InChI is InChI=1S/C11H17NO4/c1-7(13)9-5-8(14)6-12(9)10(15)16-11(2,3)4/h9H,5-6H2,1-4H3. The van der Waals surface area contributed by atoms with Crippen LogP contribution in [-0.2, 0) is 14.3 Å². The van der Waals surface area contributed by atoms with Gasteiger partial charge >= 0.3 is 6.09 Å². The second kappa shape index (κ2) is 4.23. The van der Waals surface area contributed by atoms with E-state index in [1.54, 1.807) is 20.8 Å². The predicted octanol–water partition coefficient (Wildman–Crippen LogP) is 1.15. The molecule has 0 saturated carbocycles. The molecule has 1 aliphatic rings. The zero-order valence-corrected chi connectivity index (χ0v) is 10.1. The maximum atomic E-state index is 11.7. The smallest absolute Gasteiger partial charge is 0.411 e. The molecule has 1 unspecified atom stereocenters. The van der Waals surface area contributed by atoms with Crippen molar-refractivity contribution in [3.05, 3.63) is 0 Å². The van der Waals surface area contributed by atoms with Crippen molar-refractivity contribution in [2.45, 2.75) is 45.8 Å². The number of amides is 1. The van der Waals surface area contributed by atoms with Gasteiger partial charge in [0.25, 0.3) is 0 Å². The minimum absolute atomic E-state index is 0.0286. The Hall–Kier alpha value is -1.39. The molecule has 0 aromatic carbocycles. The summed E-state index contributed by atoms with van der Waals surface area (Å²) in [6.07, 6.45) is -0.493. The van der Waals surface area contributed by atoms with Gasteiger partial charge in [-0.1, -0.05) is 0 Å². The van der Waals surface area contributed by atoms with Crippen LogP contribution in [0.4, 0.5) is 4.79 Å². The van der Waals surface area contributed by atoms with Crippen molar-refractivity contribution in [3.8, 4) is 0 Å². The van der Waals surface area contributed by atoms with E-state index in [2.05, 4.69) is 0 Å². The summed E-state index contributed by atoms with van der Waals surface area (Å²) in [5.74, 6) is -0.289. The Labute approximate surface area is 94.7 Å². The number of hydrogen-bond acceptors (Lipinski definition) is 4. The molecule has 5 nitrogen and oxygen atoms in total. The number of rotatable bonds is 1. The maximum Gasteiger partial charge on any atom is 0.411 e. The van der Waals surface area contributed by atoms with Crippen LogP contribution >= 0.6 is 0 Å². The van der Waals surface area contributed by atoms with E-state index in [0.717, 1.165) is 0 Å². The van der Waals surface area contributed by atoms with Crippen molar-refractivity contribution < 1.29 is 19.1 Å². The molecule has 1 saturated heterocycles. The lowest BCUT2D eigenvalue weighted by Crippen LogP contribution is -2.42. The zero-order valence-electron chi connectivity index (χ0n) is 10.1. The third kappa shape index (κ3) is 3.05. The third-order valence-electron chi connectivity index (χ3n) is 2.24. The lowest BCUT2D eigenvalue weighted by molar-refractivity contribution is -0.122. The van der Waals surface area contributed by atoms with Crippen LogP contribution in [0, 0.1) is 0 Å². The van der Waals surface area contributed by atoms with E-state index in [9.17, 15) is 14.4 Å². The molecule has 1 aliphatic heterocycles. The minimum atomic E-state index is -0.651. The highest BCUT2D eigenvalue weighted by Crippen LogP contribution is 2.19. The van der Waals surface area contributed by atoms with Crippen molar-refractivity contribution in [3.63, 3.8) is 0 Å². The second-order valence-corrected chi connectivity index (χ2v) is 4.98. The average Bonchev–Trinajstić information content (AvgIpc) is 2.44. The second-order valence-electron chi connectivity index (χ2n) is 4.98.